The summed E-state index contributed by atoms with van der Waals surface area (Å²) < 4.78 is 0. The summed E-state index contributed by atoms with van der Waals surface area (Å²) in [6.45, 7) is 6.11. The molecule has 2 rings (SSSR count). The molecule has 0 atom stereocenters. The summed E-state index contributed by atoms with van der Waals surface area (Å²) in [6, 6.07) is 4.13. The lowest BCUT2D eigenvalue weighted by Gasteiger charge is -2.34. The maximum Gasteiger partial charge on any atom is 0.292 e. The number of carbonyl (C=O) groups excluding carboxylic acids is 1. The molecule has 20 heavy (non-hydrogen) atoms. The van der Waals surface area contributed by atoms with E-state index in [4.69, 9.17) is 5.73 Å². The Morgan fingerprint density at radius 3 is 2.50 bits per heavy atom. The molecule has 0 saturated carbocycles. The summed E-state index contributed by atoms with van der Waals surface area (Å²) in [4.78, 5) is 26.5. The fourth-order valence-electron chi connectivity index (χ4n) is 2.30. The second kappa shape index (κ2) is 5.87. The van der Waals surface area contributed by atoms with E-state index in [2.05, 4.69) is 11.8 Å². The zero-order valence-electron chi connectivity index (χ0n) is 11.4. The molecule has 0 spiro atoms. The van der Waals surface area contributed by atoms with Crippen LogP contribution in [-0.2, 0) is 0 Å². The summed E-state index contributed by atoms with van der Waals surface area (Å²) >= 11 is 0. The van der Waals surface area contributed by atoms with Gasteiger partial charge in [-0.15, -0.1) is 0 Å². The van der Waals surface area contributed by atoms with Crippen LogP contribution in [0.25, 0.3) is 0 Å². The van der Waals surface area contributed by atoms with Crippen molar-refractivity contribution in [1.82, 2.24) is 9.80 Å². The first kappa shape index (κ1) is 14.3. The van der Waals surface area contributed by atoms with Crippen LogP contribution in [0.4, 0.5) is 11.4 Å². The number of piperazine rings is 1. The van der Waals surface area contributed by atoms with Crippen molar-refractivity contribution < 1.29 is 9.72 Å². The number of nitrogens with two attached hydrogens (primary N) is 1. The van der Waals surface area contributed by atoms with Gasteiger partial charge in [0.1, 0.15) is 5.69 Å². The summed E-state index contributed by atoms with van der Waals surface area (Å²) in [6.07, 6.45) is 0. The Morgan fingerprint density at radius 2 is 2.00 bits per heavy atom. The van der Waals surface area contributed by atoms with E-state index in [0.717, 1.165) is 19.6 Å². The van der Waals surface area contributed by atoms with Crippen LogP contribution < -0.4 is 5.73 Å². The van der Waals surface area contributed by atoms with Crippen molar-refractivity contribution in [2.75, 3.05) is 38.5 Å². The Kier molecular flexibility index (Phi) is 4.19. The average Bonchev–Trinajstić information content (AvgIpc) is 2.46. The second-order valence-corrected chi connectivity index (χ2v) is 4.76. The van der Waals surface area contributed by atoms with Crippen molar-refractivity contribution in [1.29, 1.82) is 0 Å². The Balaban J connectivity index is 2.10. The quantitative estimate of drug-likeness (QED) is 0.505. The summed E-state index contributed by atoms with van der Waals surface area (Å²) in [5, 5.41) is 10.7. The van der Waals surface area contributed by atoms with Gasteiger partial charge in [-0.2, -0.15) is 0 Å². The largest absolute Gasteiger partial charge is 0.393 e. The first-order valence-electron chi connectivity index (χ1n) is 6.58. The van der Waals surface area contributed by atoms with Crippen LogP contribution in [0.3, 0.4) is 0 Å². The van der Waals surface area contributed by atoms with E-state index in [9.17, 15) is 14.9 Å². The molecule has 7 nitrogen and oxygen atoms in total. The molecule has 1 aliphatic heterocycles. The fourth-order valence-corrected chi connectivity index (χ4v) is 2.30. The van der Waals surface area contributed by atoms with E-state index in [-0.39, 0.29) is 17.3 Å². The lowest BCUT2D eigenvalue weighted by molar-refractivity contribution is -0.383. The van der Waals surface area contributed by atoms with Crippen LogP contribution in [0.1, 0.15) is 17.3 Å². The van der Waals surface area contributed by atoms with Gasteiger partial charge >= 0.3 is 0 Å². The smallest absolute Gasteiger partial charge is 0.292 e. The second-order valence-electron chi connectivity index (χ2n) is 4.76. The van der Waals surface area contributed by atoms with Crippen LogP contribution in [0.15, 0.2) is 18.2 Å². The van der Waals surface area contributed by atoms with Crippen molar-refractivity contribution in [3.63, 3.8) is 0 Å². The SMILES string of the molecule is CCN1CCN(C(=O)c2ccc([N+](=O)[O-])c(N)c2)CC1. The van der Waals surface area contributed by atoms with Crippen molar-refractivity contribution in [3.05, 3.63) is 33.9 Å². The van der Waals surface area contributed by atoms with Gasteiger partial charge in [0.05, 0.1) is 4.92 Å². The van der Waals surface area contributed by atoms with Crippen molar-refractivity contribution in [2.24, 2.45) is 0 Å². The van der Waals surface area contributed by atoms with E-state index in [0.29, 0.717) is 18.7 Å². The normalized spacial score (nSPS) is 16.1. The Hall–Kier alpha value is -2.15. The first-order chi connectivity index (χ1) is 9.52. The number of nitro groups is 1. The molecule has 0 unspecified atom stereocenters. The van der Waals surface area contributed by atoms with E-state index in [1.54, 1.807) is 4.90 Å². The van der Waals surface area contributed by atoms with Gasteiger partial charge in [0.25, 0.3) is 11.6 Å². The zero-order valence-corrected chi connectivity index (χ0v) is 11.4. The summed E-state index contributed by atoms with van der Waals surface area (Å²) in [5.74, 6) is -0.123. The molecule has 0 bridgehead atoms. The van der Waals surface area contributed by atoms with Crippen molar-refractivity contribution in [2.45, 2.75) is 6.92 Å². The number of likely N-dealkylation sites (N-methyl/N-ethyl adjacent to an activating group) is 1. The number of amides is 1. The molecule has 108 valence electrons. The van der Waals surface area contributed by atoms with Crippen molar-refractivity contribution in [3.8, 4) is 0 Å². The van der Waals surface area contributed by atoms with E-state index in [1.807, 2.05) is 0 Å². The number of anilines is 1. The van der Waals surface area contributed by atoms with Gasteiger partial charge in [0, 0.05) is 37.8 Å². The maximum absolute atomic E-state index is 12.3. The monoisotopic (exact) mass is 278 g/mol. The molecular weight excluding hydrogens is 260 g/mol. The van der Waals surface area contributed by atoms with Gasteiger partial charge in [-0.05, 0) is 18.7 Å². The Labute approximate surface area is 117 Å². The molecule has 0 radical (unpaired) electrons. The lowest BCUT2D eigenvalue weighted by atomic mass is 10.1. The molecule has 1 aromatic carbocycles. The number of hydrogen-bond donors (Lipinski definition) is 1. The highest BCUT2D eigenvalue weighted by molar-refractivity contribution is 5.95. The fraction of sp³-hybridized carbons (Fsp3) is 0.462. The third-order valence-electron chi connectivity index (χ3n) is 3.58. The van der Waals surface area contributed by atoms with Gasteiger partial charge in [-0.3, -0.25) is 14.9 Å². The van der Waals surface area contributed by atoms with E-state index in [1.165, 1.54) is 18.2 Å². The number of nitrogen functional groups attached to an aromatic ring is 1. The number of nitro benzene ring substituents is 1. The highest BCUT2D eigenvalue weighted by Gasteiger charge is 2.22. The molecule has 0 aromatic heterocycles. The predicted octanol–water partition coefficient (Wildman–Crippen LogP) is 0.955. The minimum atomic E-state index is -0.552. The van der Waals surface area contributed by atoms with Crippen LogP contribution in [-0.4, -0.2) is 53.4 Å². The minimum absolute atomic E-state index is 0.0213. The lowest BCUT2D eigenvalue weighted by Crippen LogP contribution is -2.48. The van der Waals surface area contributed by atoms with Gasteiger partial charge < -0.3 is 15.5 Å². The third-order valence-corrected chi connectivity index (χ3v) is 3.58. The van der Waals surface area contributed by atoms with Crippen molar-refractivity contribution >= 4 is 17.3 Å². The average molecular weight is 278 g/mol. The standard InChI is InChI=1S/C13H18N4O3/c1-2-15-5-7-16(8-6-15)13(18)10-3-4-12(17(19)20)11(14)9-10/h3-4,9H,2,5-8,14H2,1H3. The number of nitrogens with zero attached hydrogens (tertiary/aromatic N) is 3. The number of carbonyl (C=O) groups is 1. The van der Waals surface area contributed by atoms with Gasteiger partial charge in [0.2, 0.25) is 0 Å². The molecule has 1 amide bonds. The molecule has 0 aliphatic carbocycles. The first-order valence-corrected chi connectivity index (χ1v) is 6.58. The van der Waals surface area contributed by atoms with Gasteiger partial charge in [-0.25, -0.2) is 0 Å². The van der Waals surface area contributed by atoms with Crippen LogP contribution in [0.5, 0.6) is 0 Å². The molecule has 1 aliphatic rings. The topological polar surface area (TPSA) is 92.7 Å². The molecule has 2 N–H and O–H groups in total. The molecule has 1 saturated heterocycles. The van der Waals surface area contributed by atoms with E-state index >= 15 is 0 Å². The maximum atomic E-state index is 12.3. The van der Waals surface area contributed by atoms with Gasteiger partial charge in [0.15, 0.2) is 0 Å². The minimum Gasteiger partial charge on any atom is -0.393 e. The molecule has 1 heterocycles. The molecule has 7 heteroatoms. The molecule has 1 fully saturated rings. The zero-order chi connectivity index (χ0) is 14.7. The van der Waals surface area contributed by atoms with Crippen LogP contribution in [0, 0.1) is 10.1 Å². The molecule has 1 aromatic rings. The van der Waals surface area contributed by atoms with Crippen LogP contribution >= 0.6 is 0 Å². The van der Waals surface area contributed by atoms with E-state index < -0.39 is 4.92 Å². The number of hydrogen-bond acceptors (Lipinski definition) is 5. The Morgan fingerprint density at radius 1 is 1.35 bits per heavy atom. The van der Waals surface area contributed by atoms with Gasteiger partial charge in [-0.1, -0.05) is 6.92 Å². The highest BCUT2D eigenvalue weighted by atomic mass is 16.6. The number of rotatable bonds is 3. The van der Waals surface area contributed by atoms with Crippen LogP contribution in [0.2, 0.25) is 0 Å². The highest BCUT2D eigenvalue weighted by Crippen LogP contribution is 2.23. The summed E-state index contributed by atoms with van der Waals surface area (Å²) in [5.41, 5.74) is 5.87. The predicted molar refractivity (Wildman–Crippen MR) is 75.5 cm³/mol. The third kappa shape index (κ3) is 2.88. The molecular formula is C13H18N4O3. The number of benzene rings is 1. The Bertz CT molecular complexity index is 524. The summed E-state index contributed by atoms with van der Waals surface area (Å²) in [7, 11) is 0.